The molecule has 1 aromatic heterocycles. The Labute approximate surface area is 115 Å². The van der Waals surface area contributed by atoms with E-state index < -0.39 is 5.76 Å². The number of nitrogens with zero attached hydrogens (tertiary/aromatic N) is 2. The largest absolute Gasteiger partial charge is 0.420 e. The number of benzene rings is 1. The second-order valence-electron chi connectivity index (χ2n) is 5.12. The highest BCUT2D eigenvalue weighted by Crippen LogP contribution is 2.17. The maximum absolute atomic E-state index is 12.2. The number of rotatable bonds is 2. The van der Waals surface area contributed by atoms with Gasteiger partial charge in [0.25, 0.3) is 0 Å². The highest BCUT2D eigenvalue weighted by atomic mass is 16.4. The normalized spacial score (nSPS) is 15.7. The van der Waals surface area contributed by atoms with Crippen molar-refractivity contribution in [2.45, 2.75) is 25.8 Å². The van der Waals surface area contributed by atoms with Gasteiger partial charge in [0.2, 0.25) is 5.91 Å². The lowest BCUT2D eigenvalue weighted by Crippen LogP contribution is -2.39. The molecule has 6 heteroatoms. The third-order valence-corrected chi connectivity index (χ3v) is 3.69. The third-order valence-electron chi connectivity index (χ3n) is 3.69. The Morgan fingerprint density at radius 2 is 2.00 bits per heavy atom. The molecule has 1 aromatic carbocycles. The van der Waals surface area contributed by atoms with E-state index in [1.807, 2.05) is 0 Å². The molecule has 1 aliphatic rings. The standard InChI is InChI=1S/C14H17N3O3/c15-10-4-5-12-11(8-10)17(14(19)20-12)9-13(18)16-6-2-1-3-7-16/h4-5,8H,1-3,6-7,9,15H2. The molecular formula is C14H17N3O3. The number of likely N-dealkylation sites (tertiary alicyclic amines) is 1. The molecule has 0 radical (unpaired) electrons. The van der Waals surface area contributed by atoms with Crippen molar-refractivity contribution in [1.82, 2.24) is 9.47 Å². The minimum absolute atomic E-state index is 0.00921. The molecule has 1 aliphatic heterocycles. The Morgan fingerprint density at radius 3 is 2.75 bits per heavy atom. The van der Waals surface area contributed by atoms with Crippen LogP contribution in [-0.2, 0) is 11.3 Å². The molecule has 2 heterocycles. The van der Waals surface area contributed by atoms with Gasteiger partial charge in [-0.15, -0.1) is 0 Å². The zero-order valence-corrected chi connectivity index (χ0v) is 11.2. The Balaban J connectivity index is 1.90. The quantitative estimate of drug-likeness (QED) is 0.835. The minimum atomic E-state index is -0.518. The molecule has 106 valence electrons. The number of aromatic nitrogens is 1. The number of nitrogens with two attached hydrogens (primary N) is 1. The SMILES string of the molecule is Nc1ccc2oc(=O)n(CC(=O)N3CCCCC3)c2c1. The van der Waals surface area contributed by atoms with Crippen LogP contribution >= 0.6 is 0 Å². The number of anilines is 1. The molecule has 0 aliphatic carbocycles. The van der Waals surface area contributed by atoms with Crippen molar-refractivity contribution in [3.63, 3.8) is 0 Å². The average molecular weight is 275 g/mol. The predicted molar refractivity (Wildman–Crippen MR) is 75.3 cm³/mol. The van der Waals surface area contributed by atoms with Crippen molar-refractivity contribution in [2.24, 2.45) is 0 Å². The van der Waals surface area contributed by atoms with Gasteiger partial charge in [0.05, 0.1) is 5.52 Å². The van der Waals surface area contributed by atoms with Gasteiger partial charge in [-0.3, -0.25) is 9.36 Å². The van der Waals surface area contributed by atoms with Gasteiger partial charge in [-0.25, -0.2) is 4.79 Å². The number of piperidine rings is 1. The van der Waals surface area contributed by atoms with Crippen molar-refractivity contribution in [1.29, 1.82) is 0 Å². The number of fused-ring (bicyclic) bond motifs is 1. The van der Waals surface area contributed by atoms with E-state index in [2.05, 4.69) is 0 Å². The number of nitrogen functional groups attached to an aromatic ring is 1. The van der Waals surface area contributed by atoms with Gasteiger partial charge in [0.15, 0.2) is 5.58 Å². The van der Waals surface area contributed by atoms with Crippen molar-refractivity contribution < 1.29 is 9.21 Å². The van der Waals surface area contributed by atoms with E-state index in [0.29, 0.717) is 16.8 Å². The number of carbonyl (C=O) groups excluding carboxylic acids is 1. The molecular weight excluding hydrogens is 258 g/mol. The van der Waals surface area contributed by atoms with Crippen LogP contribution in [0, 0.1) is 0 Å². The first kappa shape index (κ1) is 12.8. The molecule has 1 amide bonds. The second-order valence-corrected chi connectivity index (χ2v) is 5.12. The van der Waals surface area contributed by atoms with Crippen LogP contribution in [0.15, 0.2) is 27.4 Å². The molecule has 3 rings (SSSR count). The number of oxazole rings is 1. The van der Waals surface area contributed by atoms with Crippen molar-refractivity contribution in [2.75, 3.05) is 18.8 Å². The van der Waals surface area contributed by atoms with Gasteiger partial charge in [-0.05, 0) is 37.5 Å². The number of amides is 1. The van der Waals surface area contributed by atoms with Crippen molar-refractivity contribution >= 4 is 22.7 Å². The van der Waals surface area contributed by atoms with Crippen LogP contribution in [0.5, 0.6) is 0 Å². The molecule has 1 saturated heterocycles. The fourth-order valence-corrected chi connectivity index (χ4v) is 2.61. The Kier molecular flexibility index (Phi) is 3.22. The fraction of sp³-hybridized carbons (Fsp3) is 0.429. The second kappa shape index (κ2) is 5.03. The summed E-state index contributed by atoms with van der Waals surface area (Å²) in [6.07, 6.45) is 3.22. The predicted octanol–water partition coefficient (Wildman–Crippen LogP) is 1.19. The summed E-state index contributed by atoms with van der Waals surface area (Å²) in [7, 11) is 0. The molecule has 2 aromatic rings. The molecule has 1 fully saturated rings. The summed E-state index contributed by atoms with van der Waals surface area (Å²) in [6.45, 7) is 1.55. The van der Waals surface area contributed by atoms with Crippen LogP contribution in [0.1, 0.15) is 19.3 Å². The lowest BCUT2D eigenvalue weighted by atomic mass is 10.1. The van der Waals surface area contributed by atoms with E-state index >= 15 is 0 Å². The van der Waals surface area contributed by atoms with Crippen LogP contribution in [0.2, 0.25) is 0 Å². The summed E-state index contributed by atoms with van der Waals surface area (Å²) in [5.74, 6) is -0.562. The maximum atomic E-state index is 12.2. The van der Waals surface area contributed by atoms with Gasteiger partial charge in [0, 0.05) is 18.8 Å². The molecule has 0 spiro atoms. The zero-order valence-electron chi connectivity index (χ0n) is 11.2. The fourth-order valence-electron chi connectivity index (χ4n) is 2.61. The lowest BCUT2D eigenvalue weighted by Gasteiger charge is -2.26. The monoisotopic (exact) mass is 275 g/mol. The van der Waals surface area contributed by atoms with Gasteiger partial charge < -0.3 is 15.1 Å². The number of carbonyl (C=O) groups is 1. The molecule has 6 nitrogen and oxygen atoms in total. The van der Waals surface area contributed by atoms with E-state index in [1.54, 1.807) is 23.1 Å². The van der Waals surface area contributed by atoms with Gasteiger partial charge in [-0.1, -0.05) is 0 Å². The summed E-state index contributed by atoms with van der Waals surface area (Å²) in [5, 5.41) is 0. The topological polar surface area (TPSA) is 81.5 Å². The van der Waals surface area contributed by atoms with E-state index in [0.717, 1.165) is 32.4 Å². The summed E-state index contributed by atoms with van der Waals surface area (Å²) in [4.78, 5) is 25.9. The smallest absolute Gasteiger partial charge is 0.408 e. The highest BCUT2D eigenvalue weighted by molar-refractivity contribution is 5.81. The van der Waals surface area contributed by atoms with E-state index in [1.165, 1.54) is 4.57 Å². The maximum Gasteiger partial charge on any atom is 0.420 e. The number of hydrogen-bond acceptors (Lipinski definition) is 4. The van der Waals surface area contributed by atoms with Crippen LogP contribution < -0.4 is 11.5 Å². The number of hydrogen-bond donors (Lipinski definition) is 1. The average Bonchev–Trinajstić information content (AvgIpc) is 2.76. The summed E-state index contributed by atoms with van der Waals surface area (Å²) >= 11 is 0. The third kappa shape index (κ3) is 2.29. The minimum Gasteiger partial charge on any atom is -0.408 e. The zero-order chi connectivity index (χ0) is 14.1. The molecule has 20 heavy (non-hydrogen) atoms. The summed E-state index contributed by atoms with van der Waals surface area (Å²) in [5.41, 5.74) is 7.29. The van der Waals surface area contributed by atoms with E-state index in [9.17, 15) is 9.59 Å². The van der Waals surface area contributed by atoms with Crippen molar-refractivity contribution in [3.05, 3.63) is 28.7 Å². The first-order valence-corrected chi connectivity index (χ1v) is 6.82. The Hall–Kier alpha value is -2.24. The summed E-state index contributed by atoms with van der Waals surface area (Å²) in [6, 6.07) is 4.97. The lowest BCUT2D eigenvalue weighted by molar-refractivity contribution is -0.132. The first-order valence-electron chi connectivity index (χ1n) is 6.82. The summed E-state index contributed by atoms with van der Waals surface area (Å²) < 4.78 is 6.47. The molecule has 0 unspecified atom stereocenters. The van der Waals surface area contributed by atoms with Crippen LogP contribution in [-0.4, -0.2) is 28.5 Å². The molecule has 2 N–H and O–H groups in total. The van der Waals surface area contributed by atoms with E-state index in [-0.39, 0.29) is 12.5 Å². The van der Waals surface area contributed by atoms with Crippen LogP contribution in [0.4, 0.5) is 5.69 Å². The Morgan fingerprint density at radius 1 is 1.25 bits per heavy atom. The van der Waals surface area contributed by atoms with Crippen molar-refractivity contribution in [3.8, 4) is 0 Å². The molecule has 0 saturated carbocycles. The van der Waals surface area contributed by atoms with Crippen LogP contribution in [0.3, 0.4) is 0 Å². The highest BCUT2D eigenvalue weighted by Gasteiger charge is 2.19. The van der Waals surface area contributed by atoms with E-state index in [4.69, 9.17) is 10.2 Å². The van der Waals surface area contributed by atoms with Gasteiger partial charge in [0.1, 0.15) is 6.54 Å². The van der Waals surface area contributed by atoms with Gasteiger partial charge >= 0.3 is 5.76 Å². The molecule has 0 atom stereocenters. The first-order chi connectivity index (χ1) is 9.65. The van der Waals surface area contributed by atoms with Crippen LogP contribution in [0.25, 0.3) is 11.1 Å². The molecule has 0 bridgehead atoms. The van der Waals surface area contributed by atoms with Gasteiger partial charge in [-0.2, -0.15) is 0 Å². The Bertz CT molecular complexity index is 695.